The summed E-state index contributed by atoms with van der Waals surface area (Å²) < 4.78 is 6.96. The van der Waals surface area contributed by atoms with Crippen molar-refractivity contribution >= 4 is 23.4 Å². The van der Waals surface area contributed by atoms with Crippen molar-refractivity contribution in [1.82, 2.24) is 9.55 Å². The highest BCUT2D eigenvalue weighted by molar-refractivity contribution is 7.99. The maximum atomic E-state index is 5.71. The van der Waals surface area contributed by atoms with Gasteiger partial charge in [-0.1, -0.05) is 11.8 Å². The van der Waals surface area contributed by atoms with Crippen LogP contribution in [0.15, 0.2) is 11.4 Å². The van der Waals surface area contributed by atoms with Gasteiger partial charge < -0.3 is 9.30 Å². The lowest BCUT2D eigenvalue weighted by atomic mass is 10.5. The molecule has 1 aromatic heterocycles. The summed E-state index contributed by atoms with van der Waals surface area (Å²) in [5.41, 5.74) is 1.04. The molecule has 0 N–H and O–H groups in total. The minimum atomic E-state index is 0.508. The van der Waals surface area contributed by atoms with E-state index >= 15 is 0 Å². The van der Waals surface area contributed by atoms with Crippen molar-refractivity contribution in [3.8, 4) is 0 Å². The maximum Gasteiger partial charge on any atom is 0.168 e. The summed E-state index contributed by atoms with van der Waals surface area (Å²) in [6.45, 7) is 0.744. The van der Waals surface area contributed by atoms with Crippen LogP contribution in [0.3, 0.4) is 0 Å². The lowest BCUT2D eigenvalue weighted by Crippen LogP contribution is -1.98. The number of thioether (sulfide) groups is 1. The smallest absolute Gasteiger partial charge is 0.168 e. The molecule has 0 aliphatic heterocycles. The molecule has 0 saturated carbocycles. The fourth-order valence-electron chi connectivity index (χ4n) is 0.900. The number of aromatic nitrogens is 2. The Kier molecular flexibility index (Phi) is 4.62. The Balaban J connectivity index is 2.51. The molecule has 74 valence electrons. The van der Waals surface area contributed by atoms with Gasteiger partial charge in [-0.05, 0) is 0 Å². The number of halogens is 1. The monoisotopic (exact) mass is 220 g/mol. The van der Waals surface area contributed by atoms with Crippen molar-refractivity contribution in [2.24, 2.45) is 7.05 Å². The molecule has 0 bridgehead atoms. The Labute approximate surface area is 87.4 Å². The molecule has 1 rings (SSSR count). The highest BCUT2D eigenvalue weighted by atomic mass is 35.5. The number of methoxy groups -OCH3 is 1. The molecule has 0 atom stereocenters. The van der Waals surface area contributed by atoms with Gasteiger partial charge in [0.25, 0.3) is 0 Å². The number of hydrogen-bond donors (Lipinski definition) is 0. The third-order valence-electron chi connectivity index (χ3n) is 1.70. The molecule has 5 heteroatoms. The van der Waals surface area contributed by atoms with E-state index in [1.54, 1.807) is 18.9 Å². The Morgan fingerprint density at radius 3 is 3.00 bits per heavy atom. The zero-order chi connectivity index (χ0) is 9.68. The summed E-state index contributed by atoms with van der Waals surface area (Å²) in [6.07, 6.45) is 1.81. The van der Waals surface area contributed by atoms with Crippen LogP contribution in [-0.2, 0) is 17.7 Å². The van der Waals surface area contributed by atoms with Crippen LogP contribution < -0.4 is 0 Å². The van der Waals surface area contributed by atoms with E-state index in [-0.39, 0.29) is 0 Å². The number of imidazole rings is 1. The number of nitrogens with zero attached hydrogens (tertiary/aromatic N) is 2. The molecule has 0 radical (unpaired) electrons. The fraction of sp³-hybridized carbons (Fsp3) is 0.625. The second-order valence-corrected chi connectivity index (χ2v) is 3.90. The van der Waals surface area contributed by atoms with Crippen LogP contribution in [0.1, 0.15) is 5.69 Å². The maximum absolute atomic E-state index is 5.71. The summed E-state index contributed by atoms with van der Waals surface area (Å²) >= 11 is 7.39. The van der Waals surface area contributed by atoms with E-state index in [1.807, 2.05) is 17.8 Å². The van der Waals surface area contributed by atoms with Gasteiger partial charge in [-0.15, -0.1) is 11.6 Å². The Morgan fingerprint density at radius 1 is 1.69 bits per heavy atom. The van der Waals surface area contributed by atoms with Crippen LogP contribution in [0.2, 0.25) is 0 Å². The molecule has 0 fully saturated rings. The van der Waals surface area contributed by atoms with E-state index in [2.05, 4.69) is 4.98 Å². The Hall–Kier alpha value is -0.190. The zero-order valence-electron chi connectivity index (χ0n) is 7.79. The van der Waals surface area contributed by atoms with E-state index < -0.39 is 0 Å². The fourth-order valence-corrected chi connectivity index (χ4v) is 2.02. The molecule has 0 aromatic carbocycles. The Morgan fingerprint density at radius 2 is 2.46 bits per heavy atom. The predicted molar refractivity (Wildman–Crippen MR) is 55.4 cm³/mol. The number of hydrogen-bond acceptors (Lipinski definition) is 3. The predicted octanol–water partition coefficient (Wildman–Crippen LogP) is 1.90. The van der Waals surface area contributed by atoms with Gasteiger partial charge in [-0.2, -0.15) is 0 Å². The van der Waals surface area contributed by atoms with Crippen LogP contribution in [0.25, 0.3) is 0 Å². The number of ether oxygens (including phenoxy) is 1. The van der Waals surface area contributed by atoms with E-state index in [0.29, 0.717) is 5.88 Å². The zero-order valence-corrected chi connectivity index (χ0v) is 9.36. The highest BCUT2D eigenvalue weighted by Gasteiger charge is 2.04. The van der Waals surface area contributed by atoms with Gasteiger partial charge in [-0.3, -0.25) is 0 Å². The van der Waals surface area contributed by atoms with Gasteiger partial charge in [0.2, 0.25) is 0 Å². The largest absolute Gasteiger partial charge is 0.384 e. The minimum Gasteiger partial charge on any atom is -0.384 e. The second-order valence-electron chi connectivity index (χ2n) is 2.57. The molecule has 3 nitrogen and oxygen atoms in total. The van der Waals surface area contributed by atoms with Crippen molar-refractivity contribution in [1.29, 1.82) is 0 Å². The van der Waals surface area contributed by atoms with Crippen molar-refractivity contribution in [2.75, 3.05) is 19.5 Å². The molecule has 0 spiro atoms. The molecular weight excluding hydrogens is 208 g/mol. The first-order valence-electron chi connectivity index (χ1n) is 3.98. The first-order valence-corrected chi connectivity index (χ1v) is 5.50. The summed E-state index contributed by atoms with van der Waals surface area (Å²) in [4.78, 5) is 4.24. The van der Waals surface area contributed by atoms with Crippen LogP contribution in [0.4, 0.5) is 0 Å². The van der Waals surface area contributed by atoms with Crippen LogP contribution in [0, 0.1) is 0 Å². The second kappa shape index (κ2) is 5.52. The van der Waals surface area contributed by atoms with Gasteiger partial charge in [0.1, 0.15) is 0 Å². The number of alkyl halides is 1. The summed E-state index contributed by atoms with van der Waals surface area (Å²) in [7, 11) is 3.67. The summed E-state index contributed by atoms with van der Waals surface area (Å²) in [5, 5.41) is 0.993. The molecule has 0 amide bonds. The van der Waals surface area contributed by atoms with Crippen LogP contribution in [0.5, 0.6) is 0 Å². The quantitative estimate of drug-likeness (QED) is 0.431. The molecule has 0 aliphatic rings. The van der Waals surface area contributed by atoms with E-state index in [9.17, 15) is 0 Å². The summed E-state index contributed by atoms with van der Waals surface area (Å²) in [5.74, 6) is 1.43. The summed E-state index contributed by atoms with van der Waals surface area (Å²) in [6, 6.07) is 0. The molecule has 0 unspecified atom stereocenters. The molecule has 0 saturated heterocycles. The van der Waals surface area contributed by atoms with Gasteiger partial charge in [0.15, 0.2) is 5.16 Å². The van der Waals surface area contributed by atoms with Crippen molar-refractivity contribution < 1.29 is 4.74 Å². The van der Waals surface area contributed by atoms with E-state index in [4.69, 9.17) is 16.3 Å². The third kappa shape index (κ3) is 2.90. The average Bonchev–Trinajstić information content (AvgIpc) is 2.48. The normalized spacial score (nSPS) is 10.7. The van der Waals surface area contributed by atoms with Crippen molar-refractivity contribution in [3.05, 3.63) is 11.9 Å². The number of rotatable bonds is 5. The lowest BCUT2D eigenvalue weighted by Gasteiger charge is -2.02. The van der Waals surface area contributed by atoms with Gasteiger partial charge in [-0.25, -0.2) is 4.98 Å². The topological polar surface area (TPSA) is 27.1 Å². The van der Waals surface area contributed by atoms with Crippen molar-refractivity contribution in [3.63, 3.8) is 0 Å². The van der Waals surface area contributed by atoms with E-state index in [1.165, 1.54) is 0 Å². The van der Waals surface area contributed by atoms with Crippen molar-refractivity contribution in [2.45, 2.75) is 11.0 Å². The van der Waals surface area contributed by atoms with Crippen LogP contribution >= 0.6 is 23.4 Å². The SMILES string of the molecule is COCCSc1ncc(CCl)n1C. The van der Waals surface area contributed by atoms with E-state index in [0.717, 1.165) is 23.2 Å². The third-order valence-corrected chi connectivity index (χ3v) is 2.98. The molecule has 1 heterocycles. The Bertz CT molecular complexity index is 265. The minimum absolute atomic E-state index is 0.508. The lowest BCUT2D eigenvalue weighted by molar-refractivity contribution is 0.218. The van der Waals surface area contributed by atoms with Gasteiger partial charge in [0, 0.05) is 19.9 Å². The first kappa shape index (κ1) is 10.9. The van der Waals surface area contributed by atoms with Crippen LogP contribution in [-0.4, -0.2) is 29.0 Å². The molecule has 13 heavy (non-hydrogen) atoms. The average molecular weight is 221 g/mol. The standard InChI is InChI=1S/C8H13ClN2OS/c1-11-7(5-9)6-10-8(11)13-4-3-12-2/h6H,3-5H2,1-2H3. The molecular formula is C8H13ClN2OS. The highest BCUT2D eigenvalue weighted by Crippen LogP contribution is 2.17. The molecule has 1 aromatic rings. The van der Waals surface area contributed by atoms with Gasteiger partial charge in [0.05, 0.1) is 24.4 Å². The molecule has 0 aliphatic carbocycles. The van der Waals surface area contributed by atoms with Gasteiger partial charge >= 0.3 is 0 Å². The first-order chi connectivity index (χ1) is 6.29.